The normalized spacial score (nSPS) is 16.7. The Morgan fingerprint density at radius 3 is 2.67 bits per heavy atom. The highest BCUT2D eigenvalue weighted by Gasteiger charge is 2.33. The van der Waals surface area contributed by atoms with Crippen LogP contribution in [-0.4, -0.2) is 74.7 Å². The minimum atomic E-state index is -4.75. The lowest BCUT2D eigenvalue weighted by molar-refractivity contribution is -0.328. The molecule has 1 fully saturated rings. The van der Waals surface area contributed by atoms with Gasteiger partial charge < -0.3 is 9.80 Å². The number of hydrogen-bond donors (Lipinski definition) is 1. The Morgan fingerprint density at radius 2 is 2.00 bits per heavy atom. The van der Waals surface area contributed by atoms with E-state index in [0.29, 0.717) is 24.1 Å². The Bertz CT molecular complexity index is 881. The van der Waals surface area contributed by atoms with Gasteiger partial charge in [0.05, 0.1) is 6.54 Å². The number of thioether (sulfide) groups is 1. The van der Waals surface area contributed by atoms with E-state index in [-0.39, 0.29) is 10.9 Å². The van der Waals surface area contributed by atoms with Gasteiger partial charge >= 0.3 is 6.36 Å². The highest BCUT2D eigenvalue weighted by atomic mass is 32.2. The number of nitrogens with zero attached hydrogens (tertiary/aromatic N) is 6. The van der Waals surface area contributed by atoms with Crippen LogP contribution in [0.25, 0.3) is 0 Å². The molecule has 1 aliphatic heterocycles. The molecule has 1 N–H and O–H groups in total. The van der Waals surface area contributed by atoms with Crippen LogP contribution in [0.1, 0.15) is 24.1 Å². The van der Waals surface area contributed by atoms with Crippen molar-refractivity contribution in [2.45, 2.75) is 32.2 Å². The molecular formula is C18H24F3N7OS. The number of aryl methyl sites for hydroxylation is 1. The molecule has 3 rings (SSSR count). The number of rotatable bonds is 6. The molecule has 2 aromatic rings. The van der Waals surface area contributed by atoms with E-state index in [1.54, 1.807) is 17.8 Å². The van der Waals surface area contributed by atoms with Crippen LogP contribution in [0.15, 0.2) is 18.3 Å². The van der Waals surface area contributed by atoms with Gasteiger partial charge in [0, 0.05) is 32.4 Å². The van der Waals surface area contributed by atoms with Gasteiger partial charge in [0.25, 0.3) is 0 Å². The van der Waals surface area contributed by atoms with Gasteiger partial charge in [-0.3, -0.25) is 10.1 Å². The van der Waals surface area contributed by atoms with E-state index in [0.717, 1.165) is 37.6 Å². The first-order valence-electron chi connectivity index (χ1n) is 9.41. The van der Waals surface area contributed by atoms with E-state index in [4.69, 9.17) is 5.41 Å². The predicted octanol–water partition coefficient (Wildman–Crippen LogP) is 2.72. The van der Waals surface area contributed by atoms with E-state index in [1.807, 2.05) is 12.1 Å². The third-order valence-corrected chi connectivity index (χ3v) is 5.46. The summed E-state index contributed by atoms with van der Waals surface area (Å²) in [5, 5.41) is 12.1. The highest BCUT2D eigenvalue weighted by molar-refractivity contribution is 8.14. The molecule has 0 aliphatic carbocycles. The first kappa shape index (κ1) is 22.5. The van der Waals surface area contributed by atoms with Crippen LogP contribution in [-0.2, 0) is 11.3 Å². The average molecular weight is 443 g/mol. The van der Waals surface area contributed by atoms with Gasteiger partial charge in [-0.15, -0.1) is 18.3 Å². The third-order valence-electron chi connectivity index (χ3n) is 4.61. The molecule has 12 heteroatoms. The van der Waals surface area contributed by atoms with Crippen molar-refractivity contribution in [2.75, 3.05) is 38.1 Å². The largest absolute Gasteiger partial charge is 0.523 e. The minimum Gasteiger partial charge on any atom is -0.354 e. The van der Waals surface area contributed by atoms with Gasteiger partial charge in [-0.05, 0) is 38.6 Å². The third kappa shape index (κ3) is 6.16. The van der Waals surface area contributed by atoms with Gasteiger partial charge in [0.1, 0.15) is 22.1 Å². The molecular weight excluding hydrogens is 419 g/mol. The van der Waals surface area contributed by atoms with Crippen molar-refractivity contribution in [3.8, 4) is 0 Å². The van der Waals surface area contributed by atoms with Gasteiger partial charge in [-0.1, -0.05) is 11.8 Å². The molecule has 0 spiro atoms. The van der Waals surface area contributed by atoms with Crippen LogP contribution in [0.4, 0.5) is 19.0 Å². The zero-order chi connectivity index (χ0) is 21.9. The number of anilines is 1. The second-order valence-corrected chi connectivity index (χ2v) is 8.34. The fraction of sp³-hybridized carbons (Fsp3) is 0.556. The standard InChI is InChI=1S/C18H24F3N7OS/c1-12-24-17(16(22)30-13(2)29-18(19,20)21)25-28(12)11-14-4-5-23-15(10-14)27-8-6-26(3)7-9-27/h4-5,10,13,22H,6-9,11H2,1-3H3. The van der Waals surface area contributed by atoms with Crippen molar-refractivity contribution in [1.82, 2.24) is 24.6 Å². The highest BCUT2D eigenvalue weighted by Crippen LogP contribution is 2.26. The monoisotopic (exact) mass is 443 g/mol. The summed E-state index contributed by atoms with van der Waals surface area (Å²) in [5.74, 6) is 1.54. The molecule has 164 valence electrons. The number of alkyl halides is 3. The van der Waals surface area contributed by atoms with E-state index in [9.17, 15) is 13.2 Å². The van der Waals surface area contributed by atoms with E-state index >= 15 is 0 Å². The number of piperazine rings is 1. The molecule has 1 atom stereocenters. The van der Waals surface area contributed by atoms with E-state index in [1.165, 1.54) is 6.92 Å². The molecule has 0 amide bonds. The number of nitrogens with one attached hydrogen (secondary N) is 1. The van der Waals surface area contributed by atoms with Crippen LogP contribution in [0.2, 0.25) is 0 Å². The zero-order valence-corrected chi connectivity index (χ0v) is 17.8. The lowest BCUT2D eigenvalue weighted by Crippen LogP contribution is -2.44. The summed E-state index contributed by atoms with van der Waals surface area (Å²) >= 11 is 0.611. The summed E-state index contributed by atoms with van der Waals surface area (Å²) in [6.45, 7) is 7.17. The Balaban J connectivity index is 1.66. The topological polar surface area (TPSA) is 83.2 Å². The van der Waals surface area contributed by atoms with Gasteiger partial charge in [0.2, 0.25) is 5.82 Å². The first-order chi connectivity index (χ1) is 14.1. The Kier molecular flexibility index (Phi) is 6.98. The second-order valence-electron chi connectivity index (χ2n) is 7.03. The van der Waals surface area contributed by atoms with Crippen molar-refractivity contribution in [3.05, 3.63) is 35.5 Å². The zero-order valence-electron chi connectivity index (χ0n) is 17.0. The molecule has 0 bridgehead atoms. The summed E-state index contributed by atoms with van der Waals surface area (Å²) < 4.78 is 42.4. The summed E-state index contributed by atoms with van der Waals surface area (Å²) in [7, 11) is 2.10. The molecule has 1 saturated heterocycles. The summed E-state index contributed by atoms with van der Waals surface area (Å²) in [4.78, 5) is 13.2. The Morgan fingerprint density at radius 1 is 1.30 bits per heavy atom. The molecule has 3 heterocycles. The van der Waals surface area contributed by atoms with E-state index in [2.05, 4.69) is 36.7 Å². The van der Waals surface area contributed by atoms with Gasteiger partial charge in [-0.2, -0.15) is 0 Å². The van der Waals surface area contributed by atoms with Crippen molar-refractivity contribution < 1.29 is 17.9 Å². The van der Waals surface area contributed by atoms with Crippen LogP contribution < -0.4 is 4.90 Å². The molecule has 1 aliphatic rings. The SMILES string of the molecule is Cc1nc(C(=N)SC(C)OC(F)(F)F)nn1Cc1ccnc(N2CCN(C)CC2)c1. The number of pyridine rings is 1. The maximum absolute atomic E-state index is 12.3. The maximum atomic E-state index is 12.3. The molecule has 0 aromatic carbocycles. The summed E-state index contributed by atoms with van der Waals surface area (Å²) in [6, 6.07) is 3.89. The Labute approximate surface area is 176 Å². The van der Waals surface area contributed by atoms with Crippen LogP contribution in [0, 0.1) is 12.3 Å². The molecule has 0 radical (unpaired) electrons. The van der Waals surface area contributed by atoms with Gasteiger partial charge in [-0.25, -0.2) is 14.6 Å². The minimum absolute atomic E-state index is 0.0727. The average Bonchev–Trinajstić information content (AvgIpc) is 3.01. The van der Waals surface area contributed by atoms with Crippen LogP contribution >= 0.6 is 11.8 Å². The van der Waals surface area contributed by atoms with Crippen molar-refractivity contribution >= 4 is 22.6 Å². The molecule has 8 nitrogen and oxygen atoms in total. The first-order valence-corrected chi connectivity index (χ1v) is 10.3. The summed E-state index contributed by atoms with van der Waals surface area (Å²) in [5.41, 5.74) is -0.289. The maximum Gasteiger partial charge on any atom is 0.523 e. The number of aromatic nitrogens is 4. The van der Waals surface area contributed by atoms with Crippen LogP contribution in [0.3, 0.4) is 0 Å². The van der Waals surface area contributed by atoms with Crippen LogP contribution in [0.5, 0.6) is 0 Å². The van der Waals surface area contributed by atoms with Crippen molar-refractivity contribution in [3.63, 3.8) is 0 Å². The van der Waals surface area contributed by atoms with E-state index < -0.39 is 11.8 Å². The predicted molar refractivity (Wildman–Crippen MR) is 109 cm³/mol. The van der Waals surface area contributed by atoms with Crippen molar-refractivity contribution in [2.24, 2.45) is 0 Å². The number of halogens is 3. The second kappa shape index (κ2) is 9.31. The fourth-order valence-corrected chi connectivity index (χ4v) is 3.72. The molecule has 30 heavy (non-hydrogen) atoms. The molecule has 0 saturated carbocycles. The van der Waals surface area contributed by atoms with Crippen molar-refractivity contribution in [1.29, 1.82) is 5.41 Å². The quantitative estimate of drug-likeness (QED) is 0.418. The smallest absolute Gasteiger partial charge is 0.354 e. The summed E-state index contributed by atoms with van der Waals surface area (Å²) in [6.07, 6.45) is -3.00. The number of likely N-dealkylation sites (N-methyl/N-ethyl adjacent to an activating group) is 1. The molecule has 2 aromatic heterocycles. The molecule has 1 unspecified atom stereocenters. The number of ether oxygens (including phenoxy) is 1. The Hall–Kier alpha value is -2.18. The number of hydrogen-bond acceptors (Lipinski definition) is 8. The lowest BCUT2D eigenvalue weighted by atomic mass is 10.2. The lowest BCUT2D eigenvalue weighted by Gasteiger charge is -2.33. The fourth-order valence-electron chi connectivity index (χ4n) is 3.04. The van der Waals surface area contributed by atoms with Gasteiger partial charge in [0.15, 0.2) is 0 Å².